The molecule has 11 heteroatoms. The highest BCUT2D eigenvalue weighted by molar-refractivity contribution is 6.31. The van der Waals surface area contributed by atoms with Crippen molar-refractivity contribution >= 4 is 17.4 Å². The molecule has 0 radical (unpaired) electrons. The van der Waals surface area contributed by atoms with E-state index >= 15 is 0 Å². The number of hydrogen-bond acceptors (Lipinski definition) is 6. The van der Waals surface area contributed by atoms with Crippen molar-refractivity contribution < 1.29 is 22.6 Å². The van der Waals surface area contributed by atoms with Crippen LogP contribution in [0.4, 0.5) is 19.0 Å². The lowest BCUT2D eigenvalue weighted by atomic mass is 10.1. The Balaban J connectivity index is 1.51. The number of nitrogens with zero attached hydrogens (tertiary/aromatic N) is 4. The van der Waals surface area contributed by atoms with E-state index in [2.05, 4.69) is 9.88 Å². The Morgan fingerprint density at radius 3 is 2.57 bits per heavy atom. The van der Waals surface area contributed by atoms with E-state index in [-0.39, 0.29) is 29.5 Å². The van der Waals surface area contributed by atoms with E-state index in [1.807, 2.05) is 6.07 Å². The summed E-state index contributed by atoms with van der Waals surface area (Å²) in [5.41, 5.74) is -0.780. The Bertz CT molecular complexity index is 1350. The quantitative estimate of drug-likeness (QED) is 0.453. The lowest BCUT2D eigenvalue weighted by molar-refractivity contribution is -0.137. The Labute approximate surface area is 203 Å². The van der Waals surface area contributed by atoms with Crippen LogP contribution >= 0.6 is 11.6 Å². The molecule has 0 atom stereocenters. The van der Waals surface area contributed by atoms with Gasteiger partial charge in [0.1, 0.15) is 30.0 Å². The monoisotopic (exact) mass is 504 g/mol. The van der Waals surface area contributed by atoms with Crippen LogP contribution in [-0.2, 0) is 19.8 Å². The second-order valence-electron chi connectivity index (χ2n) is 7.96. The molecule has 0 saturated carbocycles. The lowest BCUT2D eigenvalue weighted by Gasteiger charge is -2.20. The third-order valence-corrected chi connectivity index (χ3v) is 5.87. The van der Waals surface area contributed by atoms with Gasteiger partial charge in [0.15, 0.2) is 0 Å². The highest BCUT2D eigenvalue weighted by Gasteiger charge is 2.33. The van der Waals surface area contributed by atoms with Crippen LogP contribution in [0.5, 0.6) is 17.4 Å². The second kappa shape index (κ2) is 9.88. The minimum absolute atomic E-state index is 0.0216. The molecule has 7 nitrogen and oxygen atoms in total. The van der Waals surface area contributed by atoms with Gasteiger partial charge < -0.3 is 14.4 Å². The van der Waals surface area contributed by atoms with Crippen molar-refractivity contribution in [1.82, 2.24) is 9.55 Å². The molecule has 35 heavy (non-hydrogen) atoms. The van der Waals surface area contributed by atoms with E-state index in [0.717, 1.165) is 43.9 Å². The lowest BCUT2D eigenvalue weighted by Crippen LogP contribution is -2.29. The van der Waals surface area contributed by atoms with Gasteiger partial charge in [0, 0.05) is 26.2 Å². The van der Waals surface area contributed by atoms with Gasteiger partial charge in [0.2, 0.25) is 5.88 Å². The molecular weight excluding hydrogens is 485 g/mol. The highest BCUT2D eigenvalue weighted by Crippen LogP contribution is 2.38. The van der Waals surface area contributed by atoms with Crippen LogP contribution in [0, 0.1) is 11.3 Å². The first kappa shape index (κ1) is 24.4. The minimum atomic E-state index is -4.64. The van der Waals surface area contributed by atoms with Gasteiger partial charge in [-0.15, -0.1) is 0 Å². The third-order valence-electron chi connectivity index (χ3n) is 5.54. The average Bonchev–Trinajstić information content (AvgIpc) is 3.35. The Hall–Kier alpha value is -3.71. The third kappa shape index (κ3) is 5.52. The summed E-state index contributed by atoms with van der Waals surface area (Å²) in [7, 11) is 1.66. The Kier molecular flexibility index (Phi) is 6.89. The predicted molar refractivity (Wildman–Crippen MR) is 123 cm³/mol. The van der Waals surface area contributed by atoms with Crippen molar-refractivity contribution in [2.75, 3.05) is 18.0 Å². The molecule has 0 spiro atoms. The number of nitriles is 1. The van der Waals surface area contributed by atoms with E-state index in [9.17, 15) is 23.2 Å². The number of rotatable bonds is 6. The average molecular weight is 505 g/mol. The normalized spacial score (nSPS) is 13.5. The van der Waals surface area contributed by atoms with Crippen LogP contribution in [-0.4, -0.2) is 22.6 Å². The van der Waals surface area contributed by atoms with E-state index < -0.39 is 22.5 Å². The van der Waals surface area contributed by atoms with Crippen molar-refractivity contribution in [3.8, 4) is 23.4 Å². The molecule has 0 amide bonds. The summed E-state index contributed by atoms with van der Waals surface area (Å²) in [6.07, 6.45) is -2.55. The van der Waals surface area contributed by atoms with Crippen molar-refractivity contribution in [2.24, 2.45) is 7.05 Å². The molecule has 0 unspecified atom stereocenters. The van der Waals surface area contributed by atoms with Crippen LogP contribution in [0.15, 0.2) is 47.3 Å². The second-order valence-corrected chi connectivity index (χ2v) is 8.37. The fraction of sp³-hybridized carbons (Fsp3) is 0.292. The minimum Gasteiger partial charge on any atom is -0.473 e. The molecule has 182 valence electrons. The molecule has 1 fully saturated rings. The summed E-state index contributed by atoms with van der Waals surface area (Å²) in [5, 5.41) is 9.08. The number of halogens is 4. The first-order valence-corrected chi connectivity index (χ1v) is 11.1. The predicted octanol–water partition coefficient (Wildman–Crippen LogP) is 5.30. The fourth-order valence-corrected chi connectivity index (χ4v) is 3.97. The molecule has 1 saturated heterocycles. The van der Waals surface area contributed by atoms with Crippen molar-refractivity contribution in [1.29, 1.82) is 5.26 Å². The van der Waals surface area contributed by atoms with Gasteiger partial charge in [0.05, 0.1) is 16.1 Å². The van der Waals surface area contributed by atoms with Crippen LogP contribution in [0.1, 0.15) is 29.5 Å². The molecule has 4 rings (SSSR count). The van der Waals surface area contributed by atoms with Gasteiger partial charge >= 0.3 is 11.9 Å². The number of aromatic nitrogens is 2. The van der Waals surface area contributed by atoms with Crippen LogP contribution in [0.25, 0.3) is 0 Å². The van der Waals surface area contributed by atoms with Crippen molar-refractivity contribution in [3.63, 3.8) is 0 Å². The smallest absolute Gasteiger partial charge is 0.417 e. The van der Waals surface area contributed by atoms with Gasteiger partial charge in [-0.3, -0.25) is 4.57 Å². The van der Waals surface area contributed by atoms with Gasteiger partial charge in [-0.05, 0) is 48.7 Å². The molecule has 0 aliphatic carbocycles. The Morgan fingerprint density at radius 2 is 1.89 bits per heavy atom. The zero-order valence-corrected chi connectivity index (χ0v) is 19.4. The summed E-state index contributed by atoms with van der Waals surface area (Å²) in [4.78, 5) is 18.3. The van der Waals surface area contributed by atoms with Crippen LogP contribution in [0.2, 0.25) is 5.02 Å². The summed E-state index contributed by atoms with van der Waals surface area (Å²) < 4.78 is 52.1. The molecule has 3 aromatic rings. The van der Waals surface area contributed by atoms with E-state index in [1.165, 1.54) is 22.8 Å². The maximum absolute atomic E-state index is 13.1. The largest absolute Gasteiger partial charge is 0.473 e. The van der Waals surface area contributed by atoms with Crippen molar-refractivity contribution in [3.05, 3.63) is 74.7 Å². The van der Waals surface area contributed by atoms with Crippen molar-refractivity contribution in [2.45, 2.75) is 25.6 Å². The number of anilines is 1. The van der Waals surface area contributed by atoms with Gasteiger partial charge in [-0.2, -0.15) is 23.4 Å². The molecule has 2 aromatic carbocycles. The maximum atomic E-state index is 13.1. The SMILES string of the molecule is Cn1c(N2CCCC2)cc(OCc2ccc(Oc3ccc(Cl)c(C(F)(F)F)c3)c(C#N)c2)nc1=O. The zero-order chi connectivity index (χ0) is 25.2. The molecule has 1 aromatic heterocycles. The molecule has 0 N–H and O–H groups in total. The van der Waals surface area contributed by atoms with E-state index in [4.69, 9.17) is 21.1 Å². The summed E-state index contributed by atoms with van der Waals surface area (Å²) in [6, 6.07) is 11.4. The molecular formula is C24H20ClF3N4O3. The Morgan fingerprint density at radius 1 is 1.14 bits per heavy atom. The first-order valence-electron chi connectivity index (χ1n) is 10.7. The number of hydrogen-bond donors (Lipinski definition) is 0. The van der Waals surface area contributed by atoms with Gasteiger partial charge in [-0.1, -0.05) is 17.7 Å². The number of alkyl halides is 3. The molecule has 2 heterocycles. The topological polar surface area (TPSA) is 80.4 Å². The van der Waals surface area contributed by atoms with E-state index in [1.54, 1.807) is 19.2 Å². The highest BCUT2D eigenvalue weighted by atomic mass is 35.5. The summed E-state index contributed by atoms with van der Waals surface area (Å²) >= 11 is 5.64. The molecule has 0 bridgehead atoms. The number of ether oxygens (including phenoxy) is 2. The van der Waals surface area contributed by atoms with Gasteiger partial charge in [-0.25, -0.2) is 4.79 Å². The standard InChI is InChI=1S/C24H20ClF3N4O3/c1-31-22(32-8-2-3-9-32)12-21(30-23(31)33)34-14-15-4-7-20(16(10-15)13-29)35-17-5-6-19(25)18(11-17)24(26,27)28/h4-7,10-12H,2-3,8-9,14H2,1H3. The first-order chi connectivity index (χ1) is 16.7. The summed E-state index contributed by atoms with van der Waals surface area (Å²) in [6.45, 7) is 1.72. The molecule has 1 aliphatic rings. The van der Waals surface area contributed by atoms with E-state index in [0.29, 0.717) is 5.56 Å². The van der Waals surface area contributed by atoms with Crippen LogP contribution < -0.4 is 20.1 Å². The molecule has 1 aliphatic heterocycles. The van der Waals surface area contributed by atoms with Gasteiger partial charge in [0.25, 0.3) is 0 Å². The zero-order valence-electron chi connectivity index (χ0n) is 18.6. The maximum Gasteiger partial charge on any atom is 0.417 e. The summed E-state index contributed by atoms with van der Waals surface area (Å²) in [5.74, 6) is 0.852. The number of benzene rings is 2. The van der Waals surface area contributed by atoms with Crippen LogP contribution in [0.3, 0.4) is 0 Å². The fourth-order valence-electron chi connectivity index (χ4n) is 3.74.